The third kappa shape index (κ3) is 3.48. The molecule has 6 nitrogen and oxygen atoms in total. The molecule has 0 bridgehead atoms. The second-order valence-electron chi connectivity index (χ2n) is 6.29. The SMILES string of the molecule is N#Cc1cccc(NC(=O)c2cc(N3CCCc4ccccc43)ncn2)c1. The molecule has 0 spiro atoms. The quantitative estimate of drug-likeness (QED) is 0.775. The fourth-order valence-corrected chi connectivity index (χ4v) is 3.25. The Morgan fingerprint density at radius 2 is 2.00 bits per heavy atom. The van der Waals surface area contributed by atoms with Gasteiger partial charge in [0.25, 0.3) is 5.91 Å². The van der Waals surface area contributed by atoms with Crippen molar-refractivity contribution >= 4 is 23.1 Å². The van der Waals surface area contributed by atoms with Crippen molar-refractivity contribution < 1.29 is 4.79 Å². The number of nitrogens with one attached hydrogen (secondary N) is 1. The van der Waals surface area contributed by atoms with Crippen molar-refractivity contribution in [2.45, 2.75) is 12.8 Å². The molecule has 132 valence electrons. The Bertz CT molecular complexity index is 1040. The van der Waals surface area contributed by atoms with Gasteiger partial charge in [0.15, 0.2) is 0 Å². The molecule has 4 rings (SSSR count). The summed E-state index contributed by atoms with van der Waals surface area (Å²) >= 11 is 0. The number of benzene rings is 2. The molecule has 1 amide bonds. The lowest BCUT2D eigenvalue weighted by molar-refractivity contribution is 0.102. The van der Waals surface area contributed by atoms with Crippen LogP contribution in [0.5, 0.6) is 0 Å². The van der Waals surface area contributed by atoms with E-state index in [1.54, 1.807) is 30.3 Å². The lowest BCUT2D eigenvalue weighted by Crippen LogP contribution is -2.26. The van der Waals surface area contributed by atoms with Crippen LogP contribution in [0.3, 0.4) is 0 Å². The van der Waals surface area contributed by atoms with Gasteiger partial charge in [0.1, 0.15) is 17.8 Å². The number of hydrogen-bond acceptors (Lipinski definition) is 5. The first-order chi connectivity index (χ1) is 13.2. The second-order valence-corrected chi connectivity index (χ2v) is 6.29. The molecule has 0 aliphatic carbocycles. The highest BCUT2D eigenvalue weighted by Gasteiger charge is 2.20. The number of anilines is 3. The molecular formula is C21H17N5O. The molecule has 1 N–H and O–H groups in total. The van der Waals surface area contributed by atoms with Gasteiger partial charge in [-0.2, -0.15) is 5.26 Å². The summed E-state index contributed by atoms with van der Waals surface area (Å²) in [7, 11) is 0. The van der Waals surface area contributed by atoms with E-state index in [2.05, 4.69) is 38.4 Å². The number of para-hydroxylation sites is 1. The van der Waals surface area contributed by atoms with Crippen molar-refractivity contribution in [1.82, 2.24) is 9.97 Å². The molecule has 0 saturated carbocycles. The summed E-state index contributed by atoms with van der Waals surface area (Å²) in [6.45, 7) is 0.847. The van der Waals surface area contributed by atoms with E-state index in [-0.39, 0.29) is 11.6 Å². The molecule has 27 heavy (non-hydrogen) atoms. The topological polar surface area (TPSA) is 81.9 Å². The number of nitriles is 1. The van der Waals surface area contributed by atoms with Crippen molar-refractivity contribution in [2.24, 2.45) is 0 Å². The van der Waals surface area contributed by atoms with Crippen molar-refractivity contribution in [2.75, 3.05) is 16.8 Å². The fourth-order valence-electron chi connectivity index (χ4n) is 3.25. The smallest absolute Gasteiger partial charge is 0.274 e. The summed E-state index contributed by atoms with van der Waals surface area (Å²) in [4.78, 5) is 23.2. The van der Waals surface area contributed by atoms with Crippen LogP contribution in [-0.4, -0.2) is 22.4 Å². The molecule has 0 fully saturated rings. The maximum Gasteiger partial charge on any atom is 0.274 e. The maximum absolute atomic E-state index is 12.6. The second kappa shape index (κ2) is 7.26. The van der Waals surface area contributed by atoms with Gasteiger partial charge < -0.3 is 10.2 Å². The number of rotatable bonds is 3. The molecule has 1 aromatic heterocycles. The predicted octanol–water partition coefficient (Wildman–Crippen LogP) is 3.68. The van der Waals surface area contributed by atoms with Gasteiger partial charge in [-0.05, 0) is 42.7 Å². The Balaban J connectivity index is 1.60. The average Bonchev–Trinajstić information content (AvgIpc) is 2.73. The number of carbonyl (C=O) groups excluding carboxylic acids is 1. The minimum absolute atomic E-state index is 0.283. The van der Waals surface area contributed by atoms with Gasteiger partial charge in [0, 0.05) is 24.0 Å². The van der Waals surface area contributed by atoms with Gasteiger partial charge in [0.2, 0.25) is 0 Å². The molecule has 1 aliphatic rings. The number of amides is 1. The lowest BCUT2D eigenvalue weighted by Gasteiger charge is -2.30. The zero-order valence-corrected chi connectivity index (χ0v) is 14.6. The van der Waals surface area contributed by atoms with E-state index in [4.69, 9.17) is 5.26 Å². The predicted molar refractivity (Wildman–Crippen MR) is 103 cm³/mol. The Hall–Kier alpha value is -3.72. The highest BCUT2D eigenvalue weighted by atomic mass is 16.1. The standard InChI is InChI=1S/C21H17N5O/c22-13-15-5-3-8-17(11-15)25-21(27)18-12-20(24-14-23-18)26-10-4-7-16-6-1-2-9-19(16)26/h1-3,5-6,8-9,11-12,14H,4,7,10H2,(H,25,27). The summed E-state index contributed by atoms with van der Waals surface area (Å²) in [5, 5.41) is 11.8. The van der Waals surface area contributed by atoms with E-state index in [0.29, 0.717) is 17.1 Å². The van der Waals surface area contributed by atoms with Crippen LogP contribution >= 0.6 is 0 Å². The number of fused-ring (bicyclic) bond motifs is 1. The molecule has 1 aliphatic heterocycles. The third-order valence-electron chi connectivity index (χ3n) is 4.52. The van der Waals surface area contributed by atoms with Crippen molar-refractivity contribution in [3.05, 3.63) is 77.7 Å². The summed E-state index contributed by atoms with van der Waals surface area (Å²) < 4.78 is 0. The van der Waals surface area contributed by atoms with Gasteiger partial charge in [-0.25, -0.2) is 9.97 Å². The van der Waals surface area contributed by atoms with Crippen molar-refractivity contribution in [1.29, 1.82) is 5.26 Å². The molecule has 2 heterocycles. The van der Waals surface area contributed by atoms with E-state index < -0.39 is 0 Å². The van der Waals surface area contributed by atoms with Crippen LogP contribution in [0.25, 0.3) is 0 Å². The summed E-state index contributed by atoms with van der Waals surface area (Å²) in [5.41, 5.74) is 3.73. The zero-order valence-electron chi connectivity index (χ0n) is 14.6. The Kier molecular flexibility index (Phi) is 4.50. The summed E-state index contributed by atoms with van der Waals surface area (Å²) in [6.07, 6.45) is 3.48. The lowest BCUT2D eigenvalue weighted by atomic mass is 10.0. The van der Waals surface area contributed by atoms with Gasteiger partial charge in [-0.15, -0.1) is 0 Å². The number of nitrogens with zero attached hydrogens (tertiary/aromatic N) is 4. The first-order valence-electron chi connectivity index (χ1n) is 8.73. The molecule has 0 atom stereocenters. The monoisotopic (exact) mass is 355 g/mol. The Morgan fingerprint density at radius 1 is 1.11 bits per heavy atom. The van der Waals surface area contributed by atoms with E-state index in [1.165, 1.54) is 11.9 Å². The number of aromatic nitrogens is 2. The van der Waals surface area contributed by atoms with Crippen LogP contribution in [0.4, 0.5) is 17.2 Å². The highest BCUT2D eigenvalue weighted by Crippen LogP contribution is 2.32. The summed E-state index contributed by atoms with van der Waals surface area (Å²) in [6, 6.07) is 18.8. The number of carbonyl (C=O) groups is 1. The van der Waals surface area contributed by atoms with E-state index >= 15 is 0 Å². The van der Waals surface area contributed by atoms with Gasteiger partial charge in [0.05, 0.1) is 11.6 Å². The highest BCUT2D eigenvalue weighted by molar-refractivity contribution is 6.03. The first kappa shape index (κ1) is 16.7. The van der Waals surface area contributed by atoms with Crippen LogP contribution in [0.2, 0.25) is 0 Å². The van der Waals surface area contributed by atoms with Crippen LogP contribution in [0.1, 0.15) is 28.0 Å². The Labute approximate surface area is 157 Å². The van der Waals surface area contributed by atoms with Gasteiger partial charge in [-0.3, -0.25) is 4.79 Å². The molecule has 3 aromatic rings. The normalized spacial score (nSPS) is 12.8. The minimum atomic E-state index is -0.334. The summed E-state index contributed by atoms with van der Waals surface area (Å²) in [5.74, 6) is 0.368. The fraction of sp³-hybridized carbons (Fsp3) is 0.143. The van der Waals surface area contributed by atoms with E-state index in [0.717, 1.165) is 25.1 Å². The largest absolute Gasteiger partial charge is 0.326 e. The maximum atomic E-state index is 12.6. The zero-order chi connectivity index (χ0) is 18.6. The molecule has 0 saturated heterocycles. The molecular weight excluding hydrogens is 338 g/mol. The number of aryl methyl sites for hydroxylation is 1. The molecule has 0 radical (unpaired) electrons. The molecule has 0 unspecified atom stereocenters. The molecule has 6 heteroatoms. The van der Waals surface area contributed by atoms with E-state index in [1.807, 2.05) is 12.1 Å². The third-order valence-corrected chi connectivity index (χ3v) is 4.52. The van der Waals surface area contributed by atoms with Crippen molar-refractivity contribution in [3.8, 4) is 6.07 Å². The van der Waals surface area contributed by atoms with Crippen LogP contribution in [-0.2, 0) is 6.42 Å². The average molecular weight is 355 g/mol. The van der Waals surface area contributed by atoms with E-state index in [9.17, 15) is 4.79 Å². The van der Waals surface area contributed by atoms with Gasteiger partial charge in [-0.1, -0.05) is 24.3 Å². The first-order valence-corrected chi connectivity index (χ1v) is 8.73. The van der Waals surface area contributed by atoms with Crippen LogP contribution in [0.15, 0.2) is 60.9 Å². The number of hydrogen-bond donors (Lipinski definition) is 1. The minimum Gasteiger partial charge on any atom is -0.326 e. The van der Waals surface area contributed by atoms with Crippen LogP contribution in [0, 0.1) is 11.3 Å². The Morgan fingerprint density at radius 3 is 2.89 bits per heavy atom. The van der Waals surface area contributed by atoms with Gasteiger partial charge >= 0.3 is 0 Å². The molecule has 2 aromatic carbocycles. The van der Waals surface area contributed by atoms with Crippen molar-refractivity contribution in [3.63, 3.8) is 0 Å². The van der Waals surface area contributed by atoms with Crippen LogP contribution < -0.4 is 10.2 Å².